The Morgan fingerprint density at radius 1 is 1.45 bits per heavy atom. The minimum Gasteiger partial charge on any atom is -0.387 e. The normalized spacial score (nSPS) is 13.8. The van der Waals surface area contributed by atoms with Crippen LogP contribution in [0.1, 0.15) is 24.6 Å². The minimum atomic E-state index is -0.779. The van der Waals surface area contributed by atoms with Gasteiger partial charge in [0.15, 0.2) is 0 Å². The second kappa shape index (κ2) is 6.49. The van der Waals surface area contributed by atoms with Crippen LogP contribution >= 0.6 is 11.6 Å². The van der Waals surface area contributed by atoms with Gasteiger partial charge in [-0.1, -0.05) is 23.7 Å². The summed E-state index contributed by atoms with van der Waals surface area (Å²) in [4.78, 5) is 15.7. The lowest BCUT2D eigenvalue weighted by Crippen LogP contribution is -2.34. The van der Waals surface area contributed by atoms with Gasteiger partial charge in [-0.25, -0.2) is 9.67 Å². The summed E-state index contributed by atoms with van der Waals surface area (Å²) in [6.45, 7) is 1.83. The number of carbonyl (C=O) groups excluding carboxylic acids is 1. The molecule has 1 heterocycles. The van der Waals surface area contributed by atoms with Crippen molar-refractivity contribution in [2.45, 2.75) is 19.1 Å². The smallest absolute Gasteiger partial charge is 0.244 e. The predicted octanol–water partition coefficient (Wildman–Crippen LogP) is 1.34. The van der Waals surface area contributed by atoms with E-state index in [2.05, 4.69) is 15.4 Å². The molecule has 0 saturated carbocycles. The first-order chi connectivity index (χ1) is 9.58. The maximum Gasteiger partial charge on any atom is 0.244 e. The Morgan fingerprint density at radius 2 is 2.15 bits per heavy atom. The van der Waals surface area contributed by atoms with Crippen molar-refractivity contribution in [1.29, 1.82) is 0 Å². The Labute approximate surface area is 121 Å². The molecule has 7 heteroatoms. The Morgan fingerprint density at radius 3 is 2.75 bits per heavy atom. The first-order valence-electron chi connectivity index (χ1n) is 6.13. The number of halogens is 1. The molecule has 2 N–H and O–H groups in total. The average molecular weight is 295 g/mol. The Balaban J connectivity index is 1.88. The molecule has 0 fully saturated rings. The highest BCUT2D eigenvalue weighted by Gasteiger charge is 2.16. The first kappa shape index (κ1) is 14.5. The van der Waals surface area contributed by atoms with Crippen LogP contribution in [0.5, 0.6) is 0 Å². The first-order valence-corrected chi connectivity index (χ1v) is 6.51. The van der Waals surface area contributed by atoms with E-state index in [1.807, 2.05) is 0 Å². The summed E-state index contributed by atoms with van der Waals surface area (Å²) in [7, 11) is 0. The van der Waals surface area contributed by atoms with Crippen LogP contribution in [0.25, 0.3) is 0 Å². The number of hydrogen-bond donors (Lipinski definition) is 2. The summed E-state index contributed by atoms with van der Waals surface area (Å²) in [6.07, 6.45) is 2.06. The van der Waals surface area contributed by atoms with Crippen LogP contribution in [0, 0.1) is 0 Å². The molecule has 1 aromatic heterocycles. The van der Waals surface area contributed by atoms with Crippen molar-refractivity contribution in [2.75, 3.05) is 6.54 Å². The van der Waals surface area contributed by atoms with Crippen molar-refractivity contribution in [2.24, 2.45) is 0 Å². The van der Waals surface area contributed by atoms with Gasteiger partial charge in [-0.05, 0) is 24.6 Å². The van der Waals surface area contributed by atoms with Gasteiger partial charge in [0.2, 0.25) is 5.91 Å². The number of hydrogen-bond acceptors (Lipinski definition) is 4. The number of aromatic nitrogens is 3. The second-order valence-electron chi connectivity index (χ2n) is 4.36. The lowest BCUT2D eigenvalue weighted by atomic mass is 10.1. The topological polar surface area (TPSA) is 80.0 Å². The zero-order chi connectivity index (χ0) is 14.5. The molecule has 0 aliphatic heterocycles. The third kappa shape index (κ3) is 3.55. The van der Waals surface area contributed by atoms with E-state index in [1.54, 1.807) is 31.2 Å². The van der Waals surface area contributed by atoms with Gasteiger partial charge in [-0.15, -0.1) is 0 Å². The van der Waals surface area contributed by atoms with Gasteiger partial charge in [0.25, 0.3) is 0 Å². The summed E-state index contributed by atoms with van der Waals surface area (Å²) < 4.78 is 1.45. The van der Waals surface area contributed by atoms with Gasteiger partial charge in [-0.3, -0.25) is 4.79 Å². The maximum absolute atomic E-state index is 11.9. The maximum atomic E-state index is 11.9. The molecule has 0 aliphatic carbocycles. The third-order valence-electron chi connectivity index (χ3n) is 2.94. The molecule has 2 rings (SSSR count). The van der Waals surface area contributed by atoms with Crippen LogP contribution in [0.3, 0.4) is 0 Å². The molecule has 0 saturated heterocycles. The molecule has 20 heavy (non-hydrogen) atoms. The van der Waals surface area contributed by atoms with E-state index in [9.17, 15) is 9.90 Å². The Bertz CT molecular complexity index is 556. The van der Waals surface area contributed by atoms with Crippen molar-refractivity contribution in [3.63, 3.8) is 0 Å². The molecule has 106 valence electrons. The third-order valence-corrected chi connectivity index (χ3v) is 3.19. The number of benzene rings is 1. The van der Waals surface area contributed by atoms with Crippen LogP contribution in [-0.2, 0) is 4.79 Å². The van der Waals surface area contributed by atoms with Crippen LogP contribution in [-0.4, -0.2) is 32.3 Å². The fourth-order valence-corrected chi connectivity index (χ4v) is 1.81. The van der Waals surface area contributed by atoms with Gasteiger partial charge in [0.1, 0.15) is 18.7 Å². The highest BCUT2D eigenvalue weighted by Crippen LogP contribution is 2.16. The van der Waals surface area contributed by atoms with Crippen molar-refractivity contribution in [1.82, 2.24) is 20.1 Å². The van der Waals surface area contributed by atoms with Gasteiger partial charge < -0.3 is 10.4 Å². The monoisotopic (exact) mass is 294 g/mol. The summed E-state index contributed by atoms with van der Waals surface area (Å²) in [5.41, 5.74) is 0.697. The predicted molar refractivity (Wildman–Crippen MR) is 74.2 cm³/mol. The van der Waals surface area contributed by atoms with E-state index >= 15 is 0 Å². The number of amides is 1. The Hall–Kier alpha value is -1.92. The van der Waals surface area contributed by atoms with E-state index in [0.29, 0.717) is 10.6 Å². The molecule has 0 aliphatic rings. The summed E-state index contributed by atoms with van der Waals surface area (Å²) in [5.74, 6) is -0.233. The lowest BCUT2D eigenvalue weighted by molar-refractivity contribution is -0.124. The number of rotatable bonds is 5. The van der Waals surface area contributed by atoms with Crippen LogP contribution < -0.4 is 5.32 Å². The fraction of sp³-hybridized carbons (Fsp3) is 0.308. The minimum absolute atomic E-state index is 0.125. The highest BCUT2D eigenvalue weighted by atomic mass is 35.5. The van der Waals surface area contributed by atoms with Crippen molar-refractivity contribution in [3.8, 4) is 0 Å². The van der Waals surface area contributed by atoms with Crippen molar-refractivity contribution >= 4 is 17.5 Å². The number of carbonyl (C=O) groups is 1. The SMILES string of the molecule is CC(C(=O)NCC(O)c1ccc(Cl)cc1)n1cncn1. The lowest BCUT2D eigenvalue weighted by Gasteiger charge is -2.15. The molecule has 1 aromatic carbocycles. The largest absolute Gasteiger partial charge is 0.387 e. The van der Waals surface area contributed by atoms with Gasteiger partial charge in [-0.2, -0.15) is 5.10 Å². The molecular weight excluding hydrogens is 280 g/mol. The molecule has 2 aromatic rings. The van der Waals surface area contributed by atoms with Gasteiger partial charge >= 0.3 is 0 Å². The quantitative estimate of drug-likeness (QED) is 0.872. The zero-order valence-corrected chi connectivity index (χ0v) is 11.7. The number of nitrogens with zero attached hydrogens (tertiary/aromatic N) is 3. The van der Waals surface area contributed by atoms with E-state index in [-0.39, 0.29) is 12.5 Å². The molecule has 0 spiro atoms. The van der Waals surface area contributed by atoms with E-state index in [1.165, 1.54) is 17.3 Å². The highest BCUT2D eigenvalue weighted by molar-refractivity contribution is 6.30. The van der Waals surface area contributed by atoms with E-state index in [0.717, 1.165) is 0 Å². The molecule has 2 atom stereocenters. The van der Waals surface area contributed by atoms with Crippen molar-refractivity contribution in [3.05, 3.63) is 47.5 Å². The molecule has 2 unspecified atom stereocenters. The molecule has 0 bridgehead atoms. The standard InChI is InChI=1S/C13H15ClN4O2/c1-9(18-8-15-7-17-18)13(20)16-6-12(19)10-2-4-11(14)5-3-10/h2-5,7-9,12,19H,6H2,1H3,(H,16,20). The van der Waals surface area contributed by atoms with Gasteiger partial charge in [0, 0.05) is 11.6 Å². The zero-order valence-electron chi connectivity index (χ0n) is 10.9. The second-order valence-corrected chi connectivity index (χ2v) is 4.80. The Kier molecular flexibility index (Phi) is 4.70. The number of nitrogens with one attached hydrogen (secondary N) is 1. The molecular formula is C13H15ClN4O2. The van der Waals surface area contributed by atoms with Crippen LogP contribution in [0.15, 0.2) is 36.9 Å². The summed E-state index contributed by atoms with van der Waals surface area (Å²) in [6, 6.07) is 6.36. The summed E-state index contributed by atoms with van der Waals surface area (Å²) >= 11 is 5.78. The van der Waals surface area contributed by atoms with E-state index < -0.39 is 12.1 Å². The molecule has 1 amide bonds. The van der Waals surface area contributed by atoms with Crippen LogP contribution in [0.4, 0.5) is 0 Å². The molecule has 0 radical (unpaired) electrons. The molecule has 6 nitrogen and oxygen atoms in total. The van der Waals surface area contributed by atoms with Crippen LogP contribution in [0.2, 0.25) is 5.02 Å². The van der Waals surface area contributed by atoms with Crippen molar-refractivity contribution < 1.29 is 9.90 Å². The number of aliphatic hydroxyl groups excluding tert-OH is 1. The number of aliphatic hydroxyl groups is 1. The van der Waals surface area contributed by atoms with Gasteiger partial charge in [0.05, 0.1) is 6.10 Å². The fourth-order valence-electron chi connectivity index (χ4n) is 1.69. The van der Waals surface area contributed by atoms with E-state index in [4.69, 9.17) is 11.6 Å². The summed E-state index contributed by atoms with van der Waals surface area (Å²) in [5, 5.41) is 17.2. The average Bonchev–Trinajstić information content (AvgIpc) is 2.98.